The van der Waals surface area contributed by atoms with E-state index in [1.165, 1.54) is 25.0 Å². The molecule has 0 saturated heterocycles. The van der Waals surface area contributed by atoms with Crippen LogP contribution in [0, 0.1) is 34.6 Å². The maximum absolute atomic E-state index is 9.01. The van der Waals surface area contributed by atoms with E-state index in [1.807, 2.05) is 113 Å². The lowest BCUT2D eigenvalue weighted by atomic mass is 9.86. The maximum atomic E-state index is 9.01. The van der Waals surface area contributed by atoms with Gasteiger partial charge in [-0.25, -0.2) is 38.2 Å². The summed E-state index contributed by atoms with van der Waals surface area (Å²) in [5.74, 6) is -5.97. The van der Waals surface area contributed by atoms with Crippen molar-refractivity contribution in [3.05, 3.63) is 238 Å². The number of pyridine rings is 8. The van der Waals surface area contributed by atoms with Crippen LogP contribution < -0.4 is 18.3 Å². The SMILES string of the molecule is [2H]C([2H])([2H])C([2H])(C)c1ccc(-c2c(C)ccc3c2oc2nc(C)ccc23)[n+](C)c1.[2H]C([2H])([2H])C([2H])(C)c1ccc(-c2c(C)ccc3c2oc2nc(CC)ccc23)[n+](C)c1.[2H]C1([2H])CCCC([2H])([2H])C1([2H])c1ccc2c(n1)oc1c(-c3ccc(C(C)C)c[n+]3C)c(C)ccc12.[2H]C1([2H])CCCC1([2H])c1ccc2c(n1)oc1c(-c3ccc(C(C)C)c[n+]3C)c(C)ccc12. The standard InChI is InChI=1S/C27H31N2O.C26H29N2O.C23H25N2O.C22H23N2O/c1-17(2)20-11-15-24(29(4)16-20)25-18(3)10-12-21-22-13-14-23(19-8-6-5-7-9-19)28-27(22)30-26(21)25;1-16(2)19-10-14-23(28(4)15-19)24-17(3)9-11-20-21-12-13-22(18-7-5-6-8-18)27-26(21)29-25(20)24;1-6-17-9-11-19-18-10-7-15(4)21(22(18)26-23(19)24-17)20-12-8-16(14(2)3)13-25(20)5;1-13(2)16-8-11-19(24(5)12-16)20-14(3)6-9-17-18-10-7-15(4)23-22(18)25-21(17)20/h10-17,19H,5-9H2,1-4H3;9-16,18H,5-8H2,1-4H3;7-14H,6H2,1-5H3;6-13H,1-5H3/q4*+1/i8D2,9D2,19D;7D2,18D;2D3,14D;1D3,13D. The number of nitrogens with zero attached hydrogens (tertiary/aromatic N) is 8. The van der Waals surface area contributed by atoms with Gasteiger partial charge in [-0.3, -0.25) is 0 Å². The molecule has 12 aromatic heterocycles. The Kier molecular flexibility index (Phi) is 16.2. The molecular formula is C98H108N8O4+4. The zero-order valence-electron chi connectivity index (χ0n) is 82.0. The summed E-state index contributed by atoms with van der Waals surface area (Å²) in [6.07, 6.45) is 5.13. The number of aryl methyl sites for hydroxylation is 10. The summed E-state index contributed by atoms with van der Waals surface area (Å²) in [4.78, 5) is 18.4. The van der Waals surface area contributed by atoms with Crippen LogP contribution in [0.3, 0.4) is 0 Å². The van der Waals surface area contributed by atoms with Crippen LogP contribution in [-0.4, -0.2) is 19.9 Å². The van der Waals surface area contributed by atoms with Crippen LogP contribution in [0.5, 0.6) is 0 Å². The lowest BCUT2D eigenvalue weighted by Gasteiger charge is -2.20. The van der Waals surface area contributed by atoms with Crippen molar-refractivity contribution >= 4 is 88.3 Å². The quantitative estimate of drug-likeness (QED) is 0.117. The molecule has 110 heavy (non-hydrogen) atoms. The molecule has 12 heteroatoms. The van der Waals surface area contributed by atoms with Crippen molar-refractivity contribution in [1.29, 1.82) is 0 Å². The minimum atomic E-state index is -2.42. The molecule has 2 fully saturated rings. The van der Waals surface area contributed by atoms with Crippen molar-refractivity contribution in [3.63, 3.8) is 0 Å². The number of hydrogen-bond donors (Lipinski definition) is 0. The largest absolute Gasteiger partial charge is 0.437 e. The molecule has 12 nitrogen and oxygen atoms in total. The summed E-state index contributed by atoms with van der Waals surface area (Å²) in [5, 5.41) is 7.47. The van der Waals surface area contributed by atoms with Gasteiger partial charge in [-0.15, -0.1) is 0 Å². The third-order valence-corrected chi connectivity index (χ3v) is 21.7. The number of furan rings is 4. The Bertz CT molecular complexity index is 6980. The van der Waals surface area contributed by atoms with E-state index in [-0.39, 0.29) is 18.5 Å². The molecule has 4 aromatic carbocycles. The fourth-order valence-corrected chi connectivity index (χ4v) is 15.4. The molecule has 16 aromatic rings. The van der Waals surface area contributed by atoms with Crippen molar-refractivity contribution < 1.29 is 57.9 Å². The van der Waals surface area contributed by atoms with Crippen LogP contribution in [-0.2, 0) is 34.6 Å². The van der Waals surface area contributed by atoms with E-state index in [1.54, 1.807) is 36.7 Å². The van der Waals surface area contributed by atoms with Gasteiger partial charge in [0.25, 0.3) is 0 Å². The van der Waals surface area contributed by atoms with Gasteiger partial charge in [0.2, 0.25) is 45.6 Å². The predicted molar refractivity (Wildman–Crippen MR) is 449 cm³/mol. The van der Waals surface area contributed by atoms with Gasteiger partial charge < -0.3 is 17.7 Å². The highest BCUT2D eigenvalue weighted by molar-refractivity contribution is 6.12. The predicted octanol–water partition coefficient (Wildman–Crippen LogP) is 24.2. The Morgan fingerprint density at radius 2 is 0.709 bits per heavy atom. The Labute approximate surface area is 670 Å². The topological polar surface area (TPSA) is 120 Å². The van der Waals surface area contributed by atoms with Crippen molar-refractivity contribution in [3.8, 4) is 45.0 Å². The van der Waals surface area contributed by atoms with Crippen LogP contribution >= 0.6 is 0 Å². The van der Waals surface area contributed by atoms with Gasteiger partial charge in [-0.2, -0.15) is 0 Å². The fourth-order valence-electron chi connectivity index (χ4n) is 15.4. The smallest absolute Gasteiger partial charge is 0.227 e. The molecule has 0 amide bonds. The van der Waals surface area contributed by atoms with E-state index in [2.05, 4.69) is 157 Å². The first-order chi connectivity index (χ1) is 59.0. The minimum Gasteiger partial charge on any atom is -0.437 e. The average Bonchev–Trinajstić information content (AvgIpc) is 0.859. The molecule has 0 aliphatic heterocycles. The minimum absolute atomic E-state index is 0.0730. The second kappa shape index (κ2) is 31.0. The number of hydrogen-bond acceptors (Lipinski definition) is 8. The van der Waals surface area contributed by atoms with Crippen LogP contribution in [0.1, 0.15) is 244 Å². The van der Waals surface area contributed by atoms with Gasteiger partial charge in [0.1, 0.15) is 28.2 Å². The van der Waals surface area contributed by atoms with Gasteiger partial charge in [-0.05, 0) is 185 Å². The highest BCUT2D eigenvalue weighted by Crippen LogP contribution is 2.44. The monoisotopic (exact) mass is 1480 g/mol. The van der Waals surface area contributed by atoms with Crippen LogP contribution in [0.25, 0.3) is 133 Å². The molecule has 2 saturated carbocycles. The summed E-state index contributed by atoms with van der Waals surface area (Å²) in [7, 11) is 7.81. The Morgan fingerprint density at radius 3 is 1.07 bits per heavy atom. The Hall–Kier alpha value is -10.7. The van der Waals surface area contributed by atoms with Crippen molar-refractivity contribution in [2.24, 2.45) is 28.2 Å². The summed E-state index contributed by atoms with van der Waals surface area (Å²) in [6, 6.07) is 47.4. The third kappa shape index (κ3) is 14.4. The molecule has 0 radical (unpaired) electrons. The van der Waals surface area contributed by atoms with E-state index in [0.717, 1.165) is 145 Å². The maximum Gasteiger partial charge on any atom is 0.227 e. The first-order valence-electron chi connectivity index (χ1n) is 46.3. The average molecular weight is 1480 g/mol. The Morgan fingerprint density at radius 1 is 0.382 bits per heavy atom. The number of aromatic nitrogens is 8. The molecule has 0 N–H and O–H groups in total. The van der Waals surface area contributed by atoms with Crippen molar-refractivity contribution in [2.45, 2.75) is 196 Å². The molecule has 3 atom stereocenters. The second-order valence-corrected chi connectivity index (χ2v) is 30.3. The van der Waals surface area contributed by atoms with Gasteiger partial charge in [0.05, 0.1) is 22.3 Å². The van der Waals surface area contributed by atoms with Gasteiger partial charge >= 0.3 is 0 Å². The van der Waals surface area contributed by atoms with E-state index in [4.69, 9.17) is 39.6 Å². The van der Waals surface area contributed by atoms with Crippen LogP contribution in [0.2, 0.25) is 0 Å². The van der Waals surface area contributed by atoms with Crippen LogP contribution in [0.4, 0.5) is 0 Å². The first kappa shape index (κ1) is 57.4. The third-order valence-electron chi connectivity index (χ3n) is 21.7. The molecule has 2 aliphatic rings. The number of rotatable bonds is 11. The first-order valence-corrected chi connectivity index (χ1v) is 38.3. The molecular weight excluding hydrogens is 1350 g/mol. The lowest BCUT2D eigenvalue weighted by Crippen LogP contribution is -2.31. The van der Waals surface area contributed by atoms with Gasteiger partial charge in [0.15, 0.2) is 47.1 Å². The molecule has 18 rings (SSSR count). The molecule has 2 aliphatic carbocycles. The number of fused-ring (bicyclic) bond motifs is 12. The fraction of sp³-hybridized carbons (Fsp3) is 0.347. The molecule has 12 heterocycles. The molecule has 0 bridgehead atoms. The lowest BCUT2D eigenvalue weighted by molar-refractivity contribution is -0.661. The Balaban J connectivity index is 0.000000130. The van der Waals surface area contributed by atoms with Crippen molar-refractivity contribution in [1.82, 2.24) is 19.9 Å². The highest BCUT2D eigenvalue weighted by Gasteiger charge is 2.29. The summed E-state index contributed by atoms with van der Waals surface area (Å²) < 4.78 is 164. The second-order valence-electron chi connectivity index (χ2n) is 30.3. The van der Waals surface area contributed by atoms with E-state index in [9.17, 15) is 0 Å². The molecule has 3 unspecified atom stereocenters. The van der Waals surface area contributed by atoms with Gasteiger partial charge in [-0.1, -0.05) is 143 Å². The molecule has 0 spiro atoms. The van der Waals surface area contributed by atoms with Crippen molar-refractivity contribution in [2.75, 3.05) is 0 Å². The normalized spacial score (nSPS) is 19.9. The van der Waals surface area contributed by atoms with Gasteiger partial charge in [0, 0.05) is 146 Å². The number of benzene rings is 4. The molecule has 560 valence electrons. The van der Waals surface area contributed by atoms with Crippen LogP contribution in [0.15, 0.2) is 188 Å². The van der Waals surface area contributed by atoms with E-state index >= 15 is 0 Å². The summed E-state index contributed by atoms with van der Waals surface area (Å²) >= 11 is 0. The zero-order chi connectivity index (χ0) is 91.2. The summed E-state index contributed by atoms with van der Waals surface area (Å²) in [5.41, 5.74) is 22.8. The van der Waals surface area contributed by atoms with E-state index in [0.29, 0.717) is 82.8 Å². The highest BCUT2D eigenvalue weighted by atomic mass is 16.4. The van der Waals surface area contributed by atoms with E-state index < -0.39 is 56.4 Å². The zero-order valence-corrected chi connectivity index (χ0v) is 66.0. The summed E-state index contributed by atoms with van der Waals surface area (Å²) in [6.45, 7) is 18.9.